The number of hydrogen-bond acceptors (Lipinski definition) is 1. The van der Waals surface area contributed by atoms with Crippen LogP contribution in [0.25, 0.3) is 0 Å². The fourth-order valence-corrected chi connectivity index (χ4v) is 14.9. The van der Waals surface area contributed by atoms with E-state index in [1.54, 1.807) is 0 Å². The van der Waals surface area contributed by atoms with E-state index in [0.29, 0.717) is 0 Å². The Morgan fingerprint density at radius 3 is 1.37 bits per heavy atom. The van der Waals surface area contributed by atoms with Gasteiger partial charge in [-0.15, -0.1) is 0 Å². The first-order chi connectivity index (χ1) is 9.14. The Kier molecular flexibility index (Phi) is 13.5. The summed E-state index contributed by atoms with van der Waals surface area (Å²) in [4.78, 5) is 0. The second kappa shape index (κ2) is 12.8. The van der Waals surface area contributed by atoms with Gasteiger partial charge >= 0.3 is 0 Å². The van der Waals surface area contributed by atoms with Crippen LogP contribution in [-0.4, -0.2) is 24.6 Å². The fourth-order valence-electron chi connectivity index (χ4n) is 2.36. The van der Waals surface area contributed by atoms with Crippen molar-refractivity contribution in [2.45, 2.75) is 79.1 Å². The predicted octanol–water partition coefficient (Wildman–Crippen LogP) is 7.06. The third-order valence-electron chi connectivity index (χ3n) is 3.78. The van der Waals surface area contributed by atoms with Crippen LogP contribution in [0.3, 0.4) is 0 Å². The van der Waals surface area contributed by atoms with Gasteiger partial charge in [0.1, 0.15) is 0 Å². The molecule has 3 heteroatoms. The van der Waals surface area contributed by atoms with Gasteiger partial charge in [-0.25, -0.2) is 0 Å². The van der Waals surface area contributed by atoms with Crippen LogP contribution in [-0.2, 0) is 11.8 Å². The second-order valence-electron chi connectivity index (χ2n) is 5.66. The smallest absolute Gasteiger partial charge is 0.0199 e. The predicted molar refractivity (Wildman–Crippen MR) is 100 cm³/mol. The highest BCUT2D eigenvalue weighted by Crippen LogP contribution is 2.76. The molecule has 19 heavy (non-hydrogen) atoms. The average molecular weight is 322 g/mol. The van der Waals surface area contributed by atoms with E-state index in [4.69, 9.17) is 11.8 Å². The van der Waals surface area contributed by atoms with Crippen LogP contribution in [0.2, 0.25) is 0 Å². The summed E-state index contributed by atoms with van der Waals surface area (Å²) in [7, 11) is 0.185. The minimum atomic E-state index is -1.02. The van der Waals surface area contributed by atoms with Crippen molar-refractivity contribution in [3.05, 3.63) is 0 Å². The van der Waals surface area contributed by atoms with Crippen molar-refractivity contribution < 1.29 is 0 Å². The molecule has 0 radical (unpaired) electrons. The van der Waals surface area contributed by atoms with E-state index in [1.165, 1.54) is 76.0 Å². The van der Waals surface area contributed by atoms with Gasteiger partial charge < -0.3 is 0 Å². The van der Waals surface area contributed by atoms with Crippen molar-refractivity contribution in [2.24, 2.45) is 0 Å². The summed E-state index contributed by atoms with van der Waals surface area (Å²) >= 11 is 6.32. The van der Waals surface area contributed by atoms with Gasteiger partial charge in [0.2, 0.25) is 0 Å². The normalized spacial score (nSPS) is 12.3. The molecule has 0 fully saturated rings. The Bertz CT molecular complexity index is 221. The molecule has 0 rings (SSSR count). The van der Waals surface area contributed by atoms with Crippen LogP contribution in [0.15, 0.2) is 0 Å². The van der Waals surface area contributed by atoms with E-state index in [-0.39, 0.29) is 7.61 Å². The SMILES string of the molecule is CCCCP(CCCC)P(=S)(CCCC)CCCC. The average Bonchev–Trinajstić information content (AvgIpc) is 2.43. The second-order valence-corrected chi connectivity index (χ2v) is 17.1. The molecule has 0 aromatic heterocycles. The molecule has 0 heterocycles. The number of unbranched alkanes of at least 4 members (excludes halogenated alkanes) is 4. The van der Waals surface area contributed by atoms with E-state index in [2.05, 4.69) is 27.7 Å². The zero-order chi connectivity index (χ0) is 14.6. The first kappa shape index (κ1) is 20.1. The Hall–Kier alpha value is 1.08. The largest absolute Gasteiger partial charge is 0.0927 e. The van der Waals surface area contributed by atoms with Crippen molar-refractivity contribution in [1.82, 2.24) is 0 Å². The Morgan fingerprint density at radius 2 is 1.05 bits per heavy atom. The lowest BCUT2D eigenvalue weighted by Crippen LogP contribution is -2.00. The topological polar surface area (TPSA) is 0 Å². The van der Waals surface area contributed by atoms with Crippen LogP contribution in [0.1, 0.15) is 79.1 Å². The lowest BCUT2D eigenvalue weighted by atomic mass is 10.4. The summed E-state index contributed by atoms with van der Waals surface area (Å²) in [5.74, 6) is 0. The Labute approximate surface area is 129 Å². The molecule has 0 unspecified atom stereocenters. The fraction of sp³-hybridized carbons (Fsp3) is 1.00. The minimum absolute atomic E-state index is 0.185. The highest BCUT2D eigenvalue weighted by Gasteiger charge is 2.25. The Morgan fingerprint density at radius 1 is 0.684 bits per heavy atom. The van der Waals surface area contributed by atoms with Crippen molar-refractivity contribution >= 4 is 25.1 Å². The van der Waals surface area contributed by atoms with Gasteiger partial charge in [0.05, 0.1) is 0 Å². The lowest BCUT2D eigenvalue weighted by molar-refractivity contribution is 0.863. The molecule has 0 saturated heterocycles. The van der Waals surface area contributed by atoms with Gasteiger partial charge in [0, 0.05) is 0 Å². The summed E-state index contributed by atoms with van der Waals surface area (Å²) in [6.45, 7) is 9.30. The van der Waals surface area contributed by atoms with E-state index in [1.807, 2.05) is 0 Å². The van der Waals surface area contributed by atoms with Crippen molar-refractivity contribution in [3.63, 3.8) is 0 Å². The molecule has 0 aromatic carbocycles. The van der Waals surface area contributed by atoms with Crippen molar-refractivity contribution in [1.29, 1.82) is 0 Å². The molecule has 0 spiro atoms. The first-order valence-electron chi connectivity index (χ1n) is 8.48. The van der Waals surface area contributed by atoms with E-state index >= 15 is 0 Å². The third kappa shape index (κ3) is 8.85. The van der Waals surface area contributed by atoms with Crippen LogP contribution >= 0.6 is 13.3 Å². The highest BCUT2D eigenvalue weighted by molar-refractivity contribution is 8.52. The molecule has 0 bridgehead atoms. The molecule has 0 atom stereocenters. The van der Waals surface area contributed by atoms with Crippen molar-refractivity contribution in [3.8, 4) is 0 Å². The summed E-state index contributed by atoms with van der Waals surface area (Å²) in [5, 5.41) is 0. The van der Waals surface area contributed by atoms with Gasteiger partial charge in [-0.3, -0.25) is 0 Å². The molecule has 0 aromatic rings. The van der Waals surface area contributed by atoms with E-state index < -0.39 is 5.73 Å². The van der Waals surface area contributed by atoms with Gasteiger partial charge in [-0.2, -0.15) is 0 Å². The highest BCUT2D eigenvalue weighted by atomic mass is 32.6. The standard InChI is InChI=1S/C16H36P2S/c1-5-9-13-17(14-10-6-2)18(19,15-11-7-3)16-12-8-4/h5-16H2,1-4H3. The molecular formula is C16H36P2S. The molecule has 0 N–H and O–H groups in total. The maximum atomic E-state index is 6.32. The molecule has 0 aliphatic heterocycles. The van der Waals surface area contributed by atoms with E-state index in [9.17, 15) is 0 Å². The monoisotopic (exact) mass is 322 g/mol. The number of rotatable bonds is 13. The maximum Gasteiger partial charge on any atom is -0.0199 e. The zero-order valence-corrected chi connectivity index (χ0v) is 16.4. The molecule has 0 saturated carbocycles. The molecule has 0 aliphatic rings. The van der Waals surface area contributed by atoms with Gasteiger partial charge in [-0.05, 0) is 56.1 Å². The molecule has 116 valence electrons. The Balaban J connectivity index is 4.70. The molecular weight excluding hydrogens is 286 g/mol. The summed E-state index contributed by atoms with van der Waals surface area (Å²) in [6.07, 6.45) is 16.8. The van der Waals surface area contributed by atoms with E-state index in [0.717, 1.165) is 0 Å². The van der Waals surface area contributed by atoms with Gasteiger partial charge in [0.15, 0.2) is 0 Å². The molecule has 0 aliphatic carbocycles. The van der Waals surface area contributed by atoms with Crippen LogP contribution in [0.4, 0.5) is 0 Å². The number of hydrogen-bond donors (Lipinski definition) is 0. The van der Waals surface area contributed by atoms with Gasteiger partial charge in [0.25, 0.3) is 0 Å². The summed E-state index contributed by atoms with van der Waals surface area (Å²) in [6, 6.07) is 0. The molecule has 0 amide bonds. The lowest BCUT2D eigenvalue weighted by Gasteiger charge is -2.32. The maximum absolute atomic E-state index is 6.32. The quantitative estimate of drug-likeness (QED) is 0.327. The van der Waals surface area contributed by atoms with Gasteiger partial charge in [-0.1, -0.05) is 72.8 Å². The van der Waals surface area contributed by atoms with Crippen molar-refractivity contribution in [2.75, 3.05) is 24.6 Å². The zero-order valence-electron chi connectivity index (χ0n) is 13.8. The summed E-state index contributed by atoms with van der Waals surface area (Å²) < 4.78 is 0. The summed E-state index contributed by atoms with van der Waals surface area (Å²) in [5.41, 5.74) is -1.02. The molecule has 0 nitrogen and oxygen atoms in total. The van der Waals surface area contributed by atoms with Crippen LogP contribution in [0, 0.1) is 0 Å². The third-order valence-corrected chi connectivity index (χ3v) is 17.2. The minimum Gasteiger partial charge on any atom is -0.0927 e. The van der Waals surface area contributed by atoms with Crippen LogP contribution < -0.4 is 0 Å². The van der Waals surface area contributed by atoms with Crippen LogP contribution in [0.5, 0.6) is 0 Å². The first-order valence-corrected chi connectivity index (χ1v) is 14.1.